The van der Waals surface area contributed by atoms with Gasteiger partial charge in [-0.15, -0.1) is 0 Å². The Balaban J connectivity index is 2.22. The lowest BCUT2D eigenvalue weighted by Crippen LogP contribution is -2.31. The molecule has 0 spiro atoms. The number of rotatable bonds is 5. The first kappa shape index (κ1) is 14.7. The second-order valence-electron chi connectivity index (χ2n) is 5.69. The van der Waals surface area contributed by atoms with Gasteiger partial charge in [0.2, 0.25) is 0 Å². The van der Waals surface area contributed by atoms with Gasteiger partial charge in [0.05, 0.1) is 0 Å². The molecule has 1 atom stereocenters. The Morgan fingerprint density at radius 1 is 1.37 bits per heavy atom. The molecule has 19 heavy (non-hydrogen) atoms. The number of benzene rings is 1. The van der Waals surface area contributed by atoms with Crippen LogP contribution in [0.15, 0.2) is 18.2 Å². The largest absolute Gasteiger partial charge is 0.371 e. The van der Waals surface area contributed by atoms with E-state index in [9.17, 15) is 0 Å². The van der Waals surface area contributed by atoms with Gasteiger partial charge in [0.1, 0.15) is 0 Å². The molecule has 2 nitrogen and oxygen atoms in total. The Kier molecular flexibility index (Phi) is 5.12. The van der Waals surface area contributed by atoms with E-state index in [0.717, 1.165) is 17.9 Å². The zero-order valence-electron chi connectivity index (χ0n) is 12.0. The van der Waals surface area contributed by atoms with E-state index in [0.29, 0.717) is 6.04 Å². The maximum atomic E-state index is 6.15. The van der Waals surface area contributed by atoms with E-state index >= 15 is 0 Å². The predicted molar refractivity (Wildman–Crippen MR) is 84.1 cm³/mol. The molecule has 1 unspecified atom stereocenters. The highest BCUT2D eigenvalue weighted by Gasteiger charge is 2.22. The van der Waals surface area contributed by atoms with E-state index in [-0.39, 0.29) is 6.04 Å². The molecule has 1 aromatic carbocycles. The van der Waals surface area contributed by atoms with Gasteiger partial charge in [-0.25, -0.2) is 0 Å². The molecule has 0 radical (unpaired) electrons. The van der Waals surface area contributed by atoms with Crippen molar-refractivity contribution in [3.8, 4) is 0 Å². The van der Waals surface area contributed by atoms with Crippen LogP contribution in [0.3, 0.4) is 0 Å². The van der Waals surface area contributed by atoms with Gasteiger partial charge in [-0.1, -0.05) is 31.4 Å². The van der Waals surface area contributed by atoms with Crippen molar-refractivity contribution in [1.82, 2.24) is 0 Å². The van der Waals surface area contributed by atoms with Crippen molar-refractivity contribution in [2.75, 3.05) is 11.9 Å². The summed E-state index contributed by atoms with van der Waals surface area (Å²) in [6.07, 6.45) is 7.22. The maximum Gasteiger partial charge on any atom is 0.0410 e. The lowest BCUT2D eigenvalue weighted by molar-refractivity contribution is 0.629. The monoisotopic (exact) mass is 280 g/mol. The fourth-order valence-electron chi connectivity index (χ4n) is 2.98. The minimum Gasteiger partial charge on any atom is -0.371 e. The second-order valence-corrected chi connectivity index (χ2v) is 6.13. The molecular weight excluding hydrogens is 256 g/mol. The first-order chi connectivity index (χ1) is 9.11. The Morgan fingerprint density at radius 2 is 2.05 bits per heavy atom. The summed E-state index contributed by atoms with van der Waals surface area (Å²) in [5.41, 5.74) is 8.71. The van der Waals surface area contributed by atoms with Crippen LogP contribution in [0, 0.1) is 0 Å². The average molecular weight is 281 g/mol. The van der Waals surface area contributed by atoms with Gasteiger partial charge in [-0.2, -0.15) is 0 Å². The fraction of sp³-hybridized carbons (Fsp3) is 0.625. The summed E-state index contributed by atoms with van der Waals surface area (Å²) < 4.78 is 0. The summed E-state index contributed by atoms with van der Waals surface area (Å²) in [4.78, 5) is 2.43. The van der Waals surface area contributed by atoms with Crippen LogP contribution in [0.4, 0.5) is 5.69 Å². The summed E-state index contributed by atoms with van der Waals surface area (Å²) in [6.45, 7) is 2.13. The number of nitrogens with zero attached hydrogens (tertiary/aromatic N) is 1. The second kappa shape index (κ2) is 6.62. The van der Waals surface area contributed by atoms with E-state index in [1.165, 1.54) is 36.9 Å². The van der Waals surface area contributed by atoms with Gasteiger partial charge >= 0.3 is 0 Å². The summed E-state index contributed by atoms with van der Waals surface area (Å²) in [7, 11) is 2.21. The number of hydrogen-bond acceptors (Lipinski definition) is 2. The summed E-state index contributed by atoms with van der Waals surface area (Å²) in [5.74, 6) is 0. The summed E-state index contributed by atoms with van der Waals surface area (Å²) in [6, 6.07) is 7.12. The van der Waals surface area contributed by atoms with Crippen LogP contribution in [0.25, 0.3) is 0 Å². The highest BCUT2D eigenvalue weighted by molar-refractivity contribution is 6.30. The summed E-state index contributed by atoms with van der Waals surface area (Å²) >= 11 is 6.15. The molecule has 0 amide bonds. The van der Waals surface area contributed by atoms with Crippen LogP contribution in [0.2, 0.25) is 5.02 Å². The molecule has 106 valence electrons. The first-order valence-electron chi connectivity index (χ1n) is 7.38. The molecule has 1 aromatic rings. The minimum atomic E-state index is 0.217. The number of hydrogen-bond donors (Lipinski definition) is 1. The Hall–Kier alpha value is -0.730. The minimum absolute atomic E-state index is 0.217. The third kappa shape index (κ3) is 3.64. The van der Waals surface area contributed by atoms with Crippen LogP contribution >= 0.6 is 11.6 Å². The van der Waals surface area contributed by atoms with Crippen molar-refractivity contribution in [2.45, 2.75) is 57.5 Å². The zero-order valence-corrected chi connectivity index (χ0v) is 12.8. The SMILES string of the molecule is CCC(N)Cc1cc(Cl)ccc1N(C)C1CCCC1. The van der Waals surface area contributed by atoms with Crippen molar-refractivity contribution in [3.63, 3.8) is 0 Å². The Labute approximate surface area is 121 Å². The first-order valence-corrected chi connectivity index (χ1v) is 7.76. The van der Waals surface area contributed by atoms with E-state index < -0.39 is 0 Å². The van der Waals surface area contributed by atoms with Gasteiger partial charge in [-0.05, 0) is 49.4 Å². The molecule has 1 fully saturated rings. The quantitative estimate of drug-likeness (QED) is 0.883. The molecule has 0 aliphatic heterocycles. The molecule has 0 saturated heterocycles. The average Bonchev–Trinajstić information content (AvgIpc) is 2.92. The molecule has 2 rings (SSSR count). The smallest absolute Gasteiger partial charge is 0.0410 e. The van der Waals surface area contributed by atoms with E-state index in [2.05, 4.69) is 31.0 Å². The maximum absolute atomic E-state index is 6.15. The fourth-order valence-corrected chi connectivity index (χ4v) is 3.17. The van der Waals surface area contributed by atoms with Crippen molar-refractivity contribution in [2.24, 2.45) is 5.73 Å². The van der Waals surface area contributed by atoms with Gasteiger partial charge in [0, 0.05) is 29.8 Å². The normalized spacial score (nSPS) is 17.7. The number of nitrogens with two attached hydrogens (primary N) is 1. The van der Waals surface area contributed by atoms with Gasteiger partial charge in [0.25, 0.3) is 0 Å². The molecule has 1 saturated carbocycles. The molecule has 3 heteroatoms. The van der Waals surface area contributed by atoms with Gasteiger partial charge < -0.3 is 10.6 Å². The molecular formula is C16H25ClN2. The van der Waals surface area contributed by atoms with Gasteiger partial charge in [-0.3, -0.25) is 0 Å². The Morgan fingerprint density at radius 3 is 2.68 bits per heavy atom. The zero-order chi connectivity index (χ0) is 13.8. The van der Waals surface area contributed by atoms with Crippen molar-refractivity contribution in [1.29, 1.82) is 0 Å². The third-order valence-corrected chi connectivity index (χ3v) is 4.54. The molecule has 2 N–H and O–H groups in total. The summed E-state index contributed by atoms with van der Waals surface area (Å²) in [5, 5.41) is 0.807. The molecule has 1 aliphatic rings. The predicted octanol–water partition coefficient (Wildman–Crippen LogP) is 4.00. The highest BCUT2D eigenvalue weighted by atomic mass is 35.5. The van der Waals surface area contributed by atoms with Crippen molar-refractivity contribution >= 4 is 17.3 Å². The van der Waals surface area contributed by atoms with Crippen LogP contribution in [0.5, 0.6) is 0 Å². The molecule has 0 heterocycles. The van der Waals surface area contributed by atoms with E-state index in [4.69, 9.17) is 17.3 Å². The van der Waals surface area contributed by atoms with Crippen LogP contribution < -0.4 is 10.6 Å². The number of halogens is 1. The van der Waals surface area contributed by atoms with Crippen LogP contribution in [-0.4, -0.2) is 19.1 Å². The van der Waals surface area contributed by atoms with Crippen molar-refractivity contribution in [3.05, 3.63) is 28.8 Å². The van der Waals surface area contributed by atoms with Gasteiger partial charge in [0.15, 0.2) is 0 Å². The Bertz CT molecular complexity index is 413. The van der Waals surface area contributed by atoms with E-state index in [1.807, 2.05) is 6.07 Å². The number of anilines is 1. The molecule has 0 aromatic heterocycles. The molecule has 0 bridgehead atoms. The topological polar surface area (TPSA) is 29.3 Å². The highest BCUT2D eigenvalue weighted by Crippen LogP contribution is 2.31. The van der Waals surface area contributed by atoms with Crippen molar-refractivity contribution < 1.29 is 0 Å². The lowest BCUT2D eigenvalue weighted by atomic mass is 10.0. The van der Waals surface area contributed by atoms with Crippen LogP contribution in [-0.2, 0) is 6.42 Å². The van der Waals surface area contributed by atoms with Crippen LogP contribution in [0.1, 0.15) is 44.6 Å². The lowest BCUT2D eigenvalue weighted by Gasteiger charge is -2.29. The van der Waals surface area contributed by atoms with E-state index in [1.54, 1.807) is 0 Å². The third-order valence-electron chi connectivity index (χ3n) is 4.30. The standard InChI is InChI=1S/C16H25ClN2/c1-3-14(18)11-12-10-13(17)8-9-16(12)19(2)15-6-4-5-7-15/h8-10,14-15H,3-7,11,18H2,1-2H3. The molecule has 1 aliphatic carbocycles.